The average molecular weight is 494 g/mol. The fourth-order valence-electron chi connectivity index (χ4n) is 4.61. The van der Waals surface area contributed by atoms with Crippen LogP contribution in [0.4, 0.5) is 0 Å². The van der Waals surface area contributed by atoms with Gasteiger partial charge in [-0.1, -0.05) is 18.0 Å². The Kier molecular flexibility index (Phi) is 7.10. The number of sulfonamides is 1. The van der Waals surface area contributed by atoms with E-state index >= 15 is 0 Å². The number of rotatable bonds is 8. The third-order valence-corrected chi connectivity index (χ3v) is 8.49. The first-order chi connectivity index (χ1) is 16.3. The molecule has 12 heteroatoms. The van der Waals surface area contributed by atoms with Gasteiger partial charge in [0.2, 0.25) is 21.8 Å². The van der Waals surface area contributed by atoms with Crippen molar-refractivity contribution in [2.75, 3.05) is 46.9 Å². The van der Waals surface area contributed by atoms with Crippen molar-refractivity contribution in [2.24, 2.45) is 0 Å². The maximum Gasteiger partial charge on any atom is 0.247 e. The Morgan fingerprint density at radius 3 is 2.44 bits per heavy atom. The van der Waals surface area contributed by atoms with E-state index in [1.54, 1.807) is 24.0 Å². The van der Waals surface area contributed by atoms with Gasteiger partial charge in [-0.05, 0) is 25.0 Å². The summed E-state index contributed by atoms with van der Waals surface area (Å²) in [7, 11) is -0.901. The minimum Gasteiger partial charge on any atom is -0.497 e. The highest BCUT2D eigenvalue weighted by molar-refractivity contribution is 7.89. The van der Waals surface area contributed by atoms with Gasteiger partial charge in [0.05, 0.1) is 26.3 Å². The smallest absolute Gasteiger partial charge is 0.247 e. The number of methoxy groups -OCH3 is 2. The Morgan fingerprint density at radius 2 is 1.85 bits per heavy atom. The molecule has 1 aromatic carbocycles. The van der Waals surface area contributed by atoms with Crippen LogP contribution in [0.15, 0.2) is 27.6 Å². The highest BCUT2D eigenvalue weighted by atomic mass is 32.2. The topological polar surface area (TPSA) is 127 Å². The van der Waals surface area contributed by atoms with E-state index in [0.29, 0.717) is 30.6 Å². The van der Waals surface area contributed by atoms with E-state index in [2.05, 4.69) is 15.5 Å². The molecule has 186 valence electrons. The number of piperazine rings is 1. The number of nitrogens with one attached hydrogen (secondary N) is 1. The van der Waals surface area contributed by atoms with Crippen molar-refractivity contribution in [3.8, 4) is 11.5 Å². The number of amides is 1. The molecular weight excluding hydrogens is 462 g/mol. The molecule has 2 aromatic rings. The quantitative estimate of drug-likeness (QED) is 0.578. The summed E-state index contributed by atoms with van der Waals surface area (Å²) in [6.45, 7) is 2.89. The van der Waals surface area contributed by atoms with Gasteiger partial charge < -0.3 is 18.9 Å². The van der Waals surface area contributed by atoms with E-state index in [1.165, 1.54) is 24.6 Å². The van der Waals surface area contributed by atoms with E-state index in [0.717, 1.165) is 25.7 Å². The molecule has 1 saturated carbocycles. The molecule has 0 atom stereocenters. The van der Waals surface area contributed by atoms with Gasteiger partial charge in [0.25, 0.3) is 0 Å². The normalized spacial score (nSPS) is 18.7. The van der Waals surface area contributed by atoms with Gasteiger partial charge in [-0.15, -0.1) is 0 Å². The van der Waals surface area contributed by atoms with Crippen LogP contribution in [0.2, 0.25) is 0 Å². The van der Waals surface area contributed by atoms with Crippen LogP contribution in [0, 0.1) is 6.92 Å². The third-order valence-electron chi connectivity index (χ3n) is 6.57. The summed E-state index contributed by atoms with van der Waals surface area (Å²) in [6, 6.07) is 4.67. The Hall–Kier alpha value is -2.70. The predicted molar refractivity (Wildman–Crippen MR) is 122 cm³/mol. The highest BCUT2D eigenvalue weighted by Gasteiger charge is 2.40. The second-order valence-corrected chi connectivity index (χ2v) is 10.5. The summed E-state index contributed by atoms with van der Waals surface area (Å²) in [4.78, 5) is 19.1. The van der Waals surface area contributed by atoms with Crippen LogP contribution in [0.5, 0.6) is 11.5 Å². The standard InChI is InChI=1S/C22H31N5O6S/c1-16-24-21(25-33-16)22(8-4-5-9-22)23-15-20(28)26-10-12-27(13-11-26)34(29,30)19-14-17(31-2)6-7-18(19)32-3/h6-7,14,23H,4-5,8-13,15H2,1-3H3. The predicted octanol–water partition coefficient (Wildman–Crippen LogP) is 1.29. The van der Waals surface area contributed by atoms with Crippen molar-refractivity contribution in [1.82, 2.24) is 24.7 Å². The lowest BCUT2D eigenvalue weighted by molar-refractivity contribution is -0.131. The fourth-order valence-corrected chi connectivity index (χ4v) is 6.20. The average Bonchev–Trinajstić information content (AvgIpc) is 3.52. The molecule has 0 unspecified atom stereocenters. The number of nitrogens with zero attached hydrogens (tertiary/aromatic N) is 4. The lowest BCUT2D eigenvalue weighted by Gasteiger charge is -2.35. The molecule has 4 rings (SSSR count). The van der Waals surface area contributed by atoms with Crippen LogP contribution in [0.1, 0.15) is 37.4 Å². The van der Waals surface area contributed by atoms with Crippen molar-refractivity contribution in [3.05, 3.63) is 29.9 Å². The van der Waals surface area contributed by atoms with Crippen LogP contribution in [0.25, 0.3) is 0 Å². The summed E-state index contributed by atoms with van der Waals surface area (Å²) in [6.07, 6.45) is 3.74. The molecule has 34 heavy (non-hydrogen) atoms. The first kappa shape index (κ1) is 24.4. The first-order valence-electron chi connectivity index (χ1n) is 11.3. The van der Waals surface area contributed by atoms with Gasteiger partial charge >= 0.3 is 0 Å². The second-order valence-electron chi connectivity index (χ2n) is 8.58. The molecule has 2 aliphatic rings. The summed E-state index contributed by atoms with van der Waals surface area (Å²) in [5.74, 6) is 1.69. The Labute approximate surface area is 199 Å². The maximum absolute atomic E-state index is 13.3. The minimum absolute atomic E-state index is 0.0503. The maximum atomic E-state index is 13.3. The molecule has 1 amide bonds. The second kappa shape index (κ2) is 9.88. The zero-order valence-electron chi connectivity index (χ0n) is 19.7. The zero-order chi connectivity index (χ0) is 24.3. The lowest BCUT2D eigenvalue weighted by atomic mass is 9.96. The van der Waals surface area contributed by atoms with Gasteiger partial charge in [0, 0.05) is 39.2 Å². The first-order valence-corrected chi connectivity index (χ1v) is 12.8. The van der Waals surface area contributed by atoms with Crippen LogP contribution in [0.3, 0.4) is 0 Å². The van der Waals surface area contributed by atoms with Crippen molar-refractivity contribution in [3.63, 3.8) is 0 Å². The highest BCUT2D eigenvalue weighted by Crippen LogP contribution is 2.37. The molecular formula is C22H31N5O6S. The minimum atomic E-state index is -3.81. The van der Waals surface area contributed by atoms with Gasteiger partial charge in [0.15, 0.2) is 5.82 Å². The lowest BCUT2D eigenvalue weighted by Crippen LogP contribution is -2.54. The number of hydrogen-bond donors (Lipinski definition) is 1. The van der Waals surface area contributed by atoms with Crippen LogP contribution < -0.4 is 14.8 Å². The van der Waals surface area contributed by atoms with Crippen LogP contribution in [-0.2, 0) is 20.4 Å². The largest absolute Gasteiger partial charge is 0.497 e. The molecule has 11 nitrogen and oxygen atoms in total. The number of carbonyl (C=O) groups is 1. The SMILES string of the molecule is COc1ccc(OC)c(S(=O)(=O)N2CCN(C(=O)CNC3(c4noc(C)n4)CCCC3)CC2)c1. The Morgan fingerprint density at radius 1 is 1.15 bits per heavy atom. The number of carbonyl (C=O) groups excluding carboxylic acids is 1. The van der Waals surface area contributed by atoms with Crippen molar-refractivity contribution in [1.29, 1.82) is 0 Å². The van der Waals surface area contributed by atoms with E-state index < -0.39 is 15.6 Å². The van der Waals surface area contributed by atoms with Gasteiger partial charge in [0.1, 0.15) is 16.4 Å². The summed E-state index contributed by atoms with van der Waals surface area (Å²) < 4.78 is 43.5. The van der Waals surface area contributed by atoms with E-state index in [4.69, 9.17) is 14.0 Å². The Balaban J connectivity index is 1.38. The molecule has 1 aromatic heterocycles. The van der Waals surface area contributed by atoms with E-state index in [9.17, 15) is 13.2 Å². The number of aryl methyl sites for hydroxylation is 1. The molecule has 0 radical (unpaired) electrons. The summed E-state index contributed by atoms with van der Waals surface area (Å²) in [5.41, 5.74) is -0.457. The summed E-state index contributed by atoms with van der Waals surface area (Å²) in [5, 5.41) is 7.46. The molecule has 0 spiro atoms. The summed E-state index contributed by atoms with van der Waals surface area (Å²) >= 11 is 0. The van der Waals surface area contributed by atoms with Gasteiger partial charge in [-0.2, -0.15) is 9.29 Å². The fraction of sp³-hybridized carbons (Fsp3) is 0.591. The zero-order valence-corrected chi connectivity index (χ0v) is 20.6. The van der Waals surface area contributed by atoms with E-state index in [1.807, 2.05) is 0 Å². The van der Waals surface area contributed by atoms with Crippen LogP contribution >= 0.6 is 0 Å². The molecule has 0 bridgehead atoms. The number of ether oxygens (including phenoxy) is 2. The van der Waals surface area contributed by atoms with Gasteiger partial charge in [-0.25, -0.2) is 8.42 Å². The molecule has 1 N–H and O–H groups in total. The van der Waals surface area contributed by atoms with Crippen molar-refractivity contribution < 1.29 is 27.2 Å². The molecule has 1 saturated heterocycles. The molecule has 2 heterocycles. The molecule has 1 aliphatic heterocycles. The molecule has 2 fully saturated rings. The van der Waals surface area contributed by atoms with Crippen molar-refractivity contribution >= 4 is 15.9 Å². The van der Waals surface area contributed by atoms with Crippen LogP contribution in [-0.4, -0.2) is 80.6 Å². The third kappa shape index (κ3) is 4.75. The van der Waals surface area contributed by atoms with E-state index in [-0.39, 0.29) is 36.2 Å². The monoisotopic (exact) mass is 493 g/mol. The number of aromatic nitrogens is 2. The molecule has 1 aliphatic carbocycles. The number of hydrogen-bond acceptors (Lipinski definition) is 9. The number of benzene rings is 1. The van der Waals surface area contributed by atoms with Crippen molar-refractivity contribution in [2.45, 2.75) is 43.0 Å². The van der Waals surface area contributed by atoms with Gasteiger partial charge in [-0.3, -0.25) is 10.1 Å². The Bertz CT molecular complexity index is 1120.